The Morgan fingerprint density at radius 2 is 2.05 bits per heavy atom. The summed E-state index contributed by atoms with van der Waals surface area (Å²) in [6, 6.07) is 1.29. The SMILES string of the molecule is CC1C(C(=O)O)CCN1C(=O)c1ccc(C(F)(F)F)nc1. The molecule has 5 nitrogen and oxygen atoms in total. The quantitative estimate of drug-likeness (QED) is 0.907. The maximum Gasteiger partial charge on any atom is 0.433 e. The number of carbonyl (C=O) groups is 2. The van der Waals surface area contributed by atoms with Crippen molar-refractivity contribution in [2.45, 2.75) is 25.6 Å². The van der Waals surface area contributed by atoms with E-state index in [4.69, 9.17) is 5.11 Å². The number of nitrogens with zero attached hydrogens (tertiary/aromatic N) is 2. The highest BCUT2D eigenvalue weighted by Crippen LogP contribution is 2.29. The van der Waals surface area contributed by atoms with Gasteiger partial charge in [-0.3, -0.25) is 14.6 Å². The average Bonchev–Trinajstić information content (AvgIpc) is 2.79. The van der Waals surface area contributed by atoms with Crippen LogP contribution in [0, 0.1) is 5.92 Å². The van der Waals surface area contributed by atoms with Crippen molar-refractivity contribution < 1.29 is 27.9 Å². The lowest BCUT2D eigenvalue weighted by molar-refractivity contribution is -0.142. The predicted molar refractivity (Wildman–Crippen MR) is 65.5 cm³/mol. The Balaban J connectivity index is 2.16. The first-order valence-corrected chi connectivity index (χ1v) is 6.29. The van der Waals surface area contributed by atoms with Gasteiger partial charge in [0.15, 0.2) is 0 Å². The van der Waals surface area contributed by atoms with Gasteiger partial charge in [0.05, 0.1) is 11.5 Å². The summed E-state index contributed by atoms with van der Waals surface area (Å²) < 4.78 is 37.2. The third kappa shape index (κ3) is 2.98. The van der Waals surface area contributed by atoms with Crippen LogP contribution in [0.3, 0.4) is 0 Å². The number of pyridine rings is 1. The highest BCUT2D eigenvalue weighted by Gasteiger charge is 2.39. The molecule has 21 heavy (non-hydrogen) atoms. The summed E-state index contributed by atoms with van der Waals surface area (Å²) in [7, 11) is 0. The Hall–Kier alpha value is -2.12. The number of hydrogen-bond acceptors (Lipinski definition) is 3. The van der Waals surface area contributed by atoms with Crippen LogP contribution in [0.25, 0.3) is 0 Å². The molecule has 1 aliphatic heterocycles. The molecule has 114 valence electrons. The number of halogens is 3. The Kier molecular flexibility index (Phi) is 3.89. The third-order valence-corrected chi connectivity index (χ3v) is 3.63. The second kappa shape index (κ2) is 5.34. The van der Waals surface area contributed by atoms with E-state index in [2.05, 4.69) is 4.98 Å². The number of aliphatic carboxylic acids is 1. The van der Waals surface area contributed by atoms with Crippen LogP contribution in [0.2, 0.25) is 0 Å². The van der Waals surface area contributed by atoms with Gasteiger partial charge in [-0.15, -0.1) is 0 Å². The normalized spacial score (nSPS) is 22.4. The summed E-state index contributed by atoms with van der Waals surface area (Å²) in [5, 5.41) is 9.00. The molecule has 1 fully saturated rings. The molecule has 1 aromatic rings. The molecule has 0 radical (unpaired) electrons. The molecular formula is C13H13F3N2O3. The summed E-state index contributed by atoms with van der Waals surface area (Å²) in [4.78, 5) is 27.8. The van der Waals surface area contributed by atoms with Crippen LogP contribution < -0.4 is 0 Å². The Bertz CT molecular complexity index is 557. The molecule has 0 aliphatic carbocycles. The number of carbonyl (C=O) groups excluding carboxylic acids is 1. The smallest absolute Gasteiger partial charge is 0.433 e. The van der Waals surface area contributed by atoms with Crippen molar-refractivity contribution in [1.29, 1.82) is 0 Å². The molecular weight excluding hydrogens is 289 g/mol. The number of carboxylic acids is 1. The van der Waals surface area contributed by atoms with Crippen LogP contribution in [-0.2, 0) is 11.0 Å². The molecule has 1 N–H and O–H groups in total. The molecule has 0 aromatic carbocycles. The molecule has 2 atom stereocenters. The zero-order valence-electron chi connectivity index (χ0n) is 11.1. The predicted octanol–water partition coefficient (Wildman–Crippen LogP) is 2.04. The lowest BCUT2D eigenvalue weighted by Gasteiger charge is -2.23. The Morgan fingerprint density at radius 3 is 2.48 bits per heavy atom. The van der Waals surface area contributed by atoms with Crippen LogP contribution in [-0.4, -0.2) is 39.5 Å². The number of aromatic nitrogens is 1. The molecule has 1 amide bonds. The van der Waals surface area contributed by atoms with Gasteiger partial charge in [0.1, 0.15) is 5.69 Å². The van der Waals surface area contributed by atoms with Crippen LogP contribution in [0.1, 0.15) is 29.4 Å². The van der Waals surface area contributed by atoms with E-state index >= 15 is 0 Å². The van der Waals surface area contributed by atoms with Gasteiger partial charge in [0.25, 0.3) is 5.91 Å². The molecule has 2 unspecified atom stereocenters. The number of rotatable bonds is 2. The van der Waals surface area contributed by atoms with Crippen molar-refractivity contribution in [3.63, 3.8) is 0 Å². The fraction of sp³-hybridized carbons (Fsp3) is 0.462. The Morgan fingerprint density at radius 1 is 1.38 bits per heavy atom. The van der Waals surface area contributed by atoms with Gasteiger partial charge < -0.3 is 10.0 Å². The summed E-state index contributed by atoms with van der Waals surface area (Å²) in [5.74, 6) is -2.15. The number of alkyl halides is 3. The van der Waals surface area contributed by atoms with Gasteiger partial charge in [-0.2, -0.15) is 13.2 Å². The van der Waals surface area contributed by atoms with Gasteiger partial charge in [-0.25, -0.2) is 0 Å². The molecule has 1 saturated heterocycles. The van der Waals surface area contributed by atoms with E-state index in [0.717, 1.165) is 18.3 Å². The zero-order valence-corrected chi connectivity index (χ0v) is 11.1. The average molecular weight is 302 g/mol. The highest BCUT2D eigenvalue weighted by molar-refractivity contribution is 5.94. The van der Waals surface area contributed by atoms with Crippen molar-refractivity contribution in [2.75, 3.05) is 6.54 Å². The van der Waals surface area contributed by atoms with Crippen LogP contribution in [0.15, 0.2) is 18.3 Å². The Labute approximate surface area is 118 Å². The van der Waals surface area contributed by atoms with Crippen molar-refractivity contribution in [3.8, 4) is 0 Å². The number of amides is 1. The van der Waals surface area contributed by atoms with Crippen molar-refractivity contribution in [2.24, 2.45) is 5.92 Å². The van der Waals surface area contributed by atoms with Crippen LogP contribution in [0.4, 0.5) is 13.2 Å². The zero-order chi connectivity index (χ0) is 15.8. The van der Waals surface area contributed by atoms with E-state index in [1.54, 1.807) is 6.92 Å². The summed E-state index contributed by atoms with van der Waals surface area (Å²) in [6.45, 7) is 1.87. The fourth-order valence-corrected chi connectivity index (χ4v) is 2.41. The van der Waals surface area contributed by atoms with Gasteiger partial charge in [-0.1, -0.05) is 0 Å². The van der Waals surface area contributed by atoms with Crippen molar-refractivity contribution >= 4 is 11.9 Å². The molecule has 1 aromatic heterocycles. The molecule has 2 rings (SSSR count). The minimum Gasteiger partial charge on any atom is -0.481 e. The number of carboxylic acid groups (broad SMARTS) is 1. The van der Waals surface area contributed by atoms with E-state index < -0.39 is 35.7 Å². The van der Waals surface area contributed by atoms with E-state index in [0.29, 0.717) is 6.42 Å². The van der Waals surface area contributed by atoms with Crippen LogP contribution >= 0.6 is 0 Å². The lowest BCUT2D eigenvalue weighted by atomic mass is 10.0. The van der Waals surface area contributed by atoms with E-state index in [9.17, 15) is 22.8 Å². The largest absolute Gasteiger partial charge is 0.481 e. The monoisotopic (exact) mass is 302 g/mol. The standard InChI is InChI=1S/C13H13F3N2O3/c1-7-9(12(20)21)4-5-18(7)11(19)8-2-3-10(17-6-8)13(14,15)16/h2-3,6-7,9H,4-5H2,1H3,(H,20,21). The maximum absolute atomic E-state index is 12.4. The molecule has 8 heteroatoms. The van der Waals surface area contributed by atoms with Gasteiger partial charge in [0.2, 0.25) is 0 Å². The number of likely N-dealkylation sites (tertiary alicyclic amines) is 1. The first kappa shape index (κ1) is 15.3. The second-order valence-corrected chi connectivity index (χ2v) is 4.90. The van der Waals surface area contributed by atoms with Gasteiger partial charge in [-0.05, 0) is 25.5 Å². The third-order valence-electron chi connectivity index (χ3n) is 3.63. The molecule has 0 bridgehead atoms. The summed E-state index contributed by atoms with van der Waals surface area (Å²) in [5.41, 5.74) is -1.06. The lowest BCUT2D eigenvalue weighted by Crippen LogP contribution is -2.37. The first-order valence-electron chi connectivity index (χ1n) is 6.29. The van der Waals surface area contributed by atoms with E-state index in [1.807, 2.05) is 0 Å². The van der Waals surface area contributed by atoms with Crippen molar-refractivity contribution in [3.05, 3.63) is 29.6 Å². The van der Waals surface area contributed by atoms with E-state index in [1.165, 1.54) is 4.90 Å². The minimum absolute atomic E-state index is 0.0147. The topological polar surface area (TPSA) is 70.5 Å². The van der Waals surface area contributed by atoms with E-state index in [-0.39, 0.29) is 12.1 Å². The highest BCUT2D eigenvalue weighted by atomic mass is 19.4. The van der Waals surface area contributed by atoms with Crippen LogP contribution in [0.5, 0.6) is 0 Å². The number of hydrogen-bond donors (Lipinski definition) is 1. The second-order valence-electron chi connectivity index (χ2n) is 4.90. The first-order chi connectivity index (χ1) is 9.71. The fourth-order valence-electron chi connectivity index (χ4n) is 2.41. The molecule has 0 saturated carbocycles. The maximum atomic E-state index is 12.4. The molecule has 2 heterocycles. The van der Waals surface area contributed by atoms with Crippen molar-refractivity contribution in [1.82, 2.24) is 9.88 Å². The van der Waals surface area contributed by atoms with Gasteiger partial charge >= 0.3 is 12.1 Å². The molecule has 1 aliphatic rings. The minimum atomic E-state index is -4.56. The summed E-state index contributed by atoms with van der Waals surface area (Å²) in [6.07, 6.45) is -3.36. The summed E-state index contributed by atoms with van der Waals surface area (Å²) >= 11 is 0. The molecule has 0 spiro atoms. The van der Waals surface area contributed by atoms with Gasteiger partial charge in [0, 0.05) is 18.8 Å².